The van der Waals surface area contributed by atoms with Crippen molar-refractivity contribution in [3.05, 3.63) is 102 Å². The standard InChI is InChI=1S/C25H16F3N3/c1-15-2-4-17(5-3-15)24-23(16-6-8-20(26)9-7-16)30-25-29-13-19(14-31(24)25)18-10-21(27)12-22(28)11-18/h2-14H,1H3. The number of aromatic nitrogens is 3. The van der Waals surface area contributed by atoms with E-state index >= 15 is 0 Å². The minimum atomic E-state index is -0.661. The van der Waals surface area contributed by atoms with Crippen molar-refractivity contribution in [2.24, 2.45) is 0 Å². The molecule has 0 aliphatic rings. The molecular weight excluding hydrogens is 399 g/mol. The molecule has 0 atom stereocenters. The average molecular weight is 415 g/mol. The van der Waals surface area contributed by atoms with E-state index in [4.69, 9.17) is 0 Å². The van der Waals surface area contributed by atoms with Crippen molar-refractivity contribution in [3.8, 4) is 33.6 Å². The first-order valence-electron chi connectivity index (χ1n) is 9.65. The van der Waals surface area contributed by atoms with Crippen molar-refractivity contribution >= 4 is 5.78 Å². The lowest BCUT2D eigenvalue weighted by Gasteiger charge is -2.08. The molecular formula is C25H16F3N3. The Balaban J connectivity index is 1.78. The minimum absolute atomic E-state index is 0.335. The zero-order valence-corrected chi connectivity index (χ0v) is 16.5. The Morgan fingerprint density at radius 2 is 1.32 bits per heavy atom. The van der Waals surface area contributed by atoms with Crippen molar-refractivity contribution in [3.63, 3.8) is 0 Å². The lowest BCUT2D eigenvalue weighted by atomic mass is 10.0. The number of hydrogen-bond acceptors (Lipinski definition) is 2. The van der Waals surface area contributed by atoms with E-state index in [1.54, 1.807) is 22.7 Å². The molecule has 0 radical (unpaired) electrons. The van der Waals surface area contributed by atoms with Crippen molar-refractivity contribution in [1.82, 2.24) is 14.4 Å². The van der Waals surface area contributed by atoms with E-state index in [-0.39, 0.29) is 5.82 Å². The number of imidazole rings is 1. The van der Waals surface area contributed by atoms with Gasteiger partial charge in [0.2, 0.25) is 5.78 Å². The molecule has 2 aromatic heterocycles. The largest absolute Gasteiger partial charge is 0.282 e. The molecule has 31 heavy (non-hydrogen) atoms. The summed E-state index contributed by atoms with van der Waals surface area (Å²) in [6.45, 7) is 2.00. The molecule has 5 aromatic rings. The maximum absolute atomic E-state index is 13.8. The molecule has 0 N–H and O–H groups in total. The van der Waals surface area contributed by atoms with Crippen molar-refractivity contribution < 1.29 is 13.2 Å². The van der Waals surface area contributed by atoms with Crippen LogP contribution in [0.5, 0.6) is 0 Å². The molecule has 0 unspecified atom stereocenters. The second kappa shape index (κ2) is 7.40. The Kier molecular flexibility index (Phi) is 4.55. The number of benzene rings is 3. The molecule has 6 heteroatoms. The lowest BCUT2D eigenvalue weighted by molar-refractivity contribution is 0.584. The first-order chi connectivity index (χ1) is 15.0. The highest BCUT2D eigenvalue weighted by Gasteiger charge is 2.18. The van der Waals surface area contributed by atoms with Gasteiger partial charge in [-0.25, -0.2) is 23.1 Å². The Hall–Kier alpha value is -3.93. The highest BCUT2D eigenvalue weighted by Crippen LogP contribution is 2.34. The summed E-state index contributed by atoms with van der Waals surface area (Å²) in [4.78, 5) is 9.08. The quantitative estimate of drug-likeness (QED) is 0.339. The van der Waals surface area contributed by atoms with Gasteiger partial charge < -0.3 is 0 Å². The third kappa shape index (κ3) is 3.57. The lowest BCUT2D eigenvalue weighted by Crippen LogP contribution is -1.94. The van der Waals surface area contributed by atoms with Gasteiger partial charge in [0.15, 0.2) is 0 Å². The smallest absolute Gasteiger partial charge is 0.234 e. The van der Waals surface area contributed by atoms with E-state index in [1.165, 1.54) is 30.5 Å². The molecule has 0 saturated heterocycles. The van der Waals surface area contributed by atoms with Crippen LogP contribution in [0.25, 0.3) is 39.4 Å². The van der Waals surface area contributed by atoms with E-state index in [1.807, 2.05) is 31.2 Å². The van der Waals surface area contributed by atoms with Gasteiger partial charge in [0.1, 0.15) is 17.5 Å². The van der Waals surface area contributed by atoms with Gasteiger partial charge in [0.25, 0.3) is 0 Å². The number of hydrogen-bond donors (Lipinski definition) is 0. The second-order valence-electron chi connectivity index (χ2n) is 7.35. The van der Waals surface area contributed by atoms with Gasteiger partial charge in [-0.2, -0.15) is 0 Å². The summed E-state index contributed by atoms with van der Waals surface area (Å²) in [5, 5.41) is 0. The highest BCUT2D eigenvalue weighted by molar-refractivity contribution is 5.82. The fourth-order valence-electron chi connectivity index (χ4n) is 3.60. The van der Waals surface area contributed by atoms with Crippen LogP contribution in [-0.4, -0.2) is 14.4 Å². The molecule has 0 aliphatic heterocycles. The minimum Gasteiger partial charge on any atom is -0.282 e. The molecule has 0 saturated carbocycles. The molecule has 0 fully saturated rings. The first kappa shape index (κ1) is 19.1. The van der Waals surface area contributed by atoms with Gasteiger partial charge in [-0.3, -0.25) is 4.40 Å². The monoisotopic (exact) mass is 415 g/mol. The Morgan fingerprint density at radius 1 is 0.677 bits per heavy atom. The maximum Gasteiger partial charge on any atom is 0.234 e. The molecule has 0 spiro atoms. The fourth-order valence-corrected chi connectivity index (χ4v) is 3.60. The van der Waals surface area contributed by atoms with Crippen LogP contribution in [0.2, 0.25) is 0 Å². The molecule has 5 rings (SSSR count). The Morgan fingerprint density at radius 3 is 2.00 bits per heavy atom. The summed E-state index contributed by atoms with van der Waals surface area (Å²) < 4.78 is 42.8. The van der Waals surface area contributed by atoms with Gasteiger partial charge in [-0.15, -0.1) is 0 Å². The van der Waals surface area contributed by atoms with E-state index in [9.17, 15) is 13.2 Å². The zero-order valence-electron chi connectivity index (χ0n) is 16.5. The number of rotatable bonds is 3. The van der Waals surface area contributed by atoms with Gasteiger partial charge in [-0.05, 0) is 48.9 Å². The summed E-state index contributed by atoms with van der Waals surface area (Å²) in [5.41, 5.74) is 5.05. The van der Waals surface area contributed by atoms with Gasteiger partial charge >= 0.3 is 0 Å². The number of aryl methyl sites for hydroxylation is 1. The van der Waals surface area contributed by atoms with Crippen molar-refractivity contribution in [2.75, 3.05) is 0 Å². The van der Waals surface area contributed by atoms with Gasteiger partial charge in [-0.1, -0.05) is 29.8 Å². The normalized spacial score (nSPS) is 11.2. The molecule has 0 amide bonds. The molecule has 0 bridgehead atoms. The van der Waals surface area contributed by atoms with Crippen LogP contribution in [-0.2, 0) is 0 Å². The summed E-state index contributed by atoms with van der Waals surface area (Å²) in [6.07, 6.45) is 3.29. The zero-order chi connectivity index (χ0) is 21.5. The number of nitrogens with zero attached hydrogens (tertiary/aromatic N) is 3. The molecule has 0 aliphatic carbocycles. The second-order valence-corrected chi connectivity index (χ2v) is 7.35. The van der Waals surface area contributed by atoms with Crippen LogP contribution in [0.3, 0.4) is 0 Å². The van der Waals surface area contributed by atoms with E-state index in [0.717, 1.165) is 28.5 Å². The number of halogens is 3. The van der Waals surface area contributed by atoms with E-state index < -0.39 is 11.6 Å². The SMILES string of the molecule is Cc1ccc(-c2c(-c3ccc(F)cc3)nc3ncc(-c4cc(F)cc(F)c4)cn23)cc1. The predicted molar refractivity (Wildman–Crippen MR) is 114 cm³/mol. The maximum atomic E-state index is 13.8. The molecule has 152 valence electrons. The Labute approximate surface area is 176 Å². The average Bonchev–Trinajstić information content (AvgIpc) is 3.13. The predicted octanol–water partition coefficient (Wildman–Crippen LogP) is 6.46. The highest BCUT2D eigenvalue weighted by atomic mass is 19.1. The van der Waals surface area contributed by atoms with Crippen LogP contribution in [0.15, 0.2) is 79.1 Å². The van der Waals surface area contributed by atoms with Crippen LogP contribution < -0.4 is 0 Å². The summed E-state index contributed by atoms with van der Waals surface area (Å²) in [7, 11) is 0. The third-order valence-corrected chi connectivity index (χ3v) is 5.12. The van der Waals surface area contributed by atoms with Crippen molar-refractivity contribution in [2.45, 2.75) is 6.92 Å². The topological polar surface area (TPSA) is 30.2 Å². The third-order valence-electron chi connectivity index (χ3n) is 5.12. The first-order valence-corrected chi connectivity index (χ1v) is 9.65. The van der Waals surface area contributed by atoms with Gasteiger partial charge in [0, 0.05) is 35.2 Å². The summed E-state index contributed by atoms with van der Waals surface area (Å²) in [5.74, 6) is -1.23. The number of fused-ring (bicyclic) bond motifs is 1. The van der Waals surface area contributed by atoms with Crippen LogP contribution >= 0.6 is 0 Å². The van der Waals surface area contributed by atoms with Gasteiger partial charge in [0.05, 0.1) is 11.4 Å². The van der Waals surface area contributed by atoms with Crippen LogP contribution in [0, 0.1) is 24.4 Å². The molecule has 2 heterocycles. The fraction of sp³-hybridized carbons (Fsp3) is 0.0400. The summed E-state index contributed by atoms with van der Waals surface area (Å²) in [6, 6.07) is 17.4. The van der Waals surface area contributed by atoms with E-state index in [2.05, 4.69) is 9.97 Å². The van der Waals surface area contributed by atoms with Crippen LogP contribution in [0.1, 0.15) is 5.56 Å². The van der Waals surface area contributed by atoms with Crippen molar-refractivity contribution in [1.29, 1.82) is 0 Å². The van der Waals surface area contributed by atoms with Crippen LogP contribution in [0.4, 0.5) is 13.2 Å². The van der Waals surface area contributed by atoms with E-state index in [0.29, 0.717) is 22.6 Å². The molecule has 3 aromatic carbocycles. The Bertz CT molecular complexity index is 1380. The molecule has 3 nitrogen and oxygen atoms in total. The summed E-state index contributed by atoms with van der Waals surface area (Å²) >= 11 is 0.